The zero-order valence-electron chi connectivity index (χ0n) is 9.41. The summed E-state index contributed by atoms with van der Waals surface area (Å²) in [6.07, 6.45) is 0.110. The van der Waals surface area contributed by atoms with E-state index >= 15 is 0 Å². The fourth-order valence-corrected chi connectivity index (χ4v) is 1.37. The first kappa shape index (κ1) is 11.9. The van der Waals surface area contributed by atoms with E-state index in [1.165, 1.54) is 0 Å². The fourth-order valence-electron chi connectivity index (χ4n) is 1.37. The Balaban J connectivity index is 2.22. The summed E-state index contributed by atoms with van der Waals surface area (Å²) in [6, 6.07) is 15.7. The van der Waals surface area contributed by atoms with Crippen LogP contribution in [0.15, 0.2) is 54.6 Å². The monoisotopic (exact) mass is 242 g/mol. The Morgan fingerprint density at radius 2 is 1.50 bits per heavy atom. The van der Waals surface area contributed by atoms with Crippen molar-refractivity contribution >= 4 is 12.3 Å². The van der Waals surface area contributed by atoms with Gasteiger partial charge in [-0.3, -0.25) is 4.79 Å². The molecule has 0 unspecified atom stereocenters. The molecular formula is C14H10O4. The number of esters is 1. The van der Waals surface area contributed by atoms with Crippen LogP contribution >= 0.6 is 0 Å². The van der Waals surface area contributed by atoms with Gasteiger partial charge < -0.3 is 9.47 Å². The third-order valence-electron chi connectivity index (χ3n) is 2.13. The normalized spacial score (nSPS) is 9.56. The molecule has 0 aliphatic heterocycles. The van der Waals surface area contributed by atoms with E-state index < -0.39 is 5.97 Å². The Bertz CT molecular complexity index is 549. The van der Waals surface area contributed by atoms with Crippen molar-refractivity contribution in [3.05, 3.63) is 54.6 Å². The van der Waals surface area contributed by atoms with E-state index in [-0.39, 0.29) is 12.0 Å². The van der Waals surface area contributed by atoms with Crippen LogP contribution in [-0.2, 0) is 9.59 Å². The Morgan fingerprint density at radius 1 is 0.889 bits per heavy atom. The number of ether oxygens (including phenoxy) is 2. The molecule has 0 heterocycles. The van der Waals surface area contributed by atoms with Crippen LogP contribution in [0.5, 0.6) is 17.2 Å². The molecule has 0 fully saturated rings. The summed E-state index contributed by atoms with van der Waals surface area (Å²) in [6.45, 7) is 0. The van der Waals surface area contributed by atoms with Gasteiger partial charge in [-0.05, 0) is 24.3 Å². The fraction of sp³-hybridized carbons (Fsp3) is 0. The highest BCUT2D eigenvalue weighted by Crippen LogP contribution is 2.30. The molecule has 0 atom stereocenters. The third-order valence-corrected chi connectivity index (χ3v) is 2.13. The molecule has 0 amide bonds. The molecule has 2 rings (SSSR count). The van der Waals surface area contributed by atoms with E-state index in [2.05, 4.69) is 0 Å². The van der Waals surface area contributed by atoms with E-state index in [0.717, 1.165) is 0 Å². The van der Waals surface area contributed by atoms with Gasteiger partial charge in [-0.25, -0.2) is 4.79 Å². The molecule has 0 bridgehead atoms. The van der Waals surface area contributed by atoms with E-state index in [4.69, 9.17) is 9.47 Å². The van der Waals surface area contributed by atoms with Crippen molar-refractivity contribution < 1.29 is 19.1 Å². The smallest absolute Gasteiger partial charge is 0.376 e. The summed E-state index contributed by atoms with van der Waals surface area (Å²) in [7, 11) is 0. The number of hydrogen-bond donors (Lipinski definition) is 0. The molecule has 18 heavy (non-hydrogen) atoms. The zero-order chi connectivity index (χ0) is 12.8. The van der Waals surface area contributed by atoms with Crippen LogP contribution in [0.4, 0.5) is 0 Å². The lowest BCUT2D eigenvalue weighted by atomic mass is 10.3. The molecule has 0 saturated carbocycles. The predicted octanol–water partition coefficient (Wildman–Crippen LogP) is 2.58. The maximum Gasteiger partial charge on any atom is 0.376 e. The predicted molar refractivity (Wildman–Crippen MR) is 64.7 cm³/mol. The third kappa shape index (κ3) is 2.95. The summed E-state index contributed by atoms with van der Waals surface area (Å²) >= 11 is 0. The number of carbonyl (C=O) groups excluding carboxylic acids is 2. The standard InChI is InChI=1S/C14H10O4/c15-10-14(16)18-13-9-5-4-8-12(13)17-11-6-2-1-3-7-11/h1-10H. The van der Waals surface area contributed by atoms with Gasteiger partial charge >= 0.3 is 5.97 Å². The van der Waals surface area contributed by atoms with Crippen molar-refractivity contribution in [2.45, 2.75) is 0 Å². The average molecular weight is 242 g/mol. The molecule has 0 saturated heterocycles. The summed E-state index contributed by atoms with van der Waals surface area (Å²) in [4.78, 5) is 21.2. The van der Waals surface area contributed by atoms with E-state index in [1.54, 1.807) is 36.4 Å². The minimum absolute atomic E-state index is 0.110. The summed E-state index contributed by atoms with van der Waals surface area (Å²) < 4.78 is 10.4. The van der Waals surface area contributed by atoms with E-state index in [1.807, 2.05) is 18.2 Å². The van der Waals surface area contributed by atoms with Crippen LogP contribution in [0.1, 0.15) is 0 Å². The average Bonchev–Trinajstić information content (AvgIpc) is 2.42. The van der Waals surface area contributed by atoms with E-state index in [0.29, 0.717) is 11.5 Å². The molecule has 0 spiro atoms. The zero-order valence-corrected chi connectivity index (χ0v) is 9.41. The summed E-state index contributed by atoms with van der Waals surface area (Å²) in [5.74, 6) is 0.239. The van der Waals surface area contributed by atoms with Gasteiger partial charge in [0.1, 0.15) is 5.75 Å². The first-order chi connectivity index (χ1) is 8.79. The first-order valence-corrected chi connectivity index (χ1v) is 5.28. The van der Waals surface area contributed by atoms with Crippen LogP contribution in [0.3, 0.4) is 0 Å². The number of hydrogen-bond acceptors (Lipinski definition) is 4. The van der Waals surface area contributed by atoms with Gasteiger partial charge in [-0.1, -0.05) is 30.3 Å². The van der Waals surface area contributed by atoms with Crippen molar-refractivity contribution in [1.82, 2.24) is 0 Å². The van der Waals surface area contributed by atoms with Gasteiger partial charge in [0.15, 0.2) is 11.5 Å². The highest BCUT2D eigenvalue weighted by Gasteiger charge is 2.09. The van der Waals surface area contributed by atoms with Crippen molar-refractivity contribution in [3.8, 4) is 17.2 Å². The minimum Gasteiger partial charge on any atom is -0.453 e. The summed E-state index contributed by atoms with van der Waals surface area (Å²) in [5.41, 5.74) is 0. The second-order valence-electron chi connectivity index (χ2n) is 3.40. The topological polar surface area (TPSA) is 52.6 Å². The molecule has 0 N–H and O–H groups in total. The van der Waals surface area contributed by atoms with Gasteiger partial charge in [-0.2, -0.15) is 0 Å². The molecule has 4 heteroatoms. The molecular weight excluding hydrogens is 232 g/mol. The second-order valence-corrected chi connectivity index (χ2v) is 3.40. The maximum atomic E-state index is 10.9. The molecule has 0 aliphatic rings. The second kappa shape index (κ2) is 5.63. The van der Waals surface area contributed by atoms with Crippen molar-refractivity contribution in [2.24, 2.45) is 0 Å². The van der Waals surface area contributed by atoms with Gasteiger partial charge in [0.25, 0.3) is 0 Å². The van der Waals surface area contributed by atoms with Gasteiger partial charge in [0.05, 0.1) is 0 Å². The Hall–Kier alpha value is -2.62. The van der Waals surface area contributed by atoms with Crippen LogP contribution in [0.25, 0.3) is 0 Å². The molecule has 2 aromatic carbocycles. The van der Waals surface area contributed by atoms with Crippen LogP contribution in [-0.4, -0.2) is 12.3 Å². The van der Waals surface area contributed by atoms with Crippen LogP contribution < -0.4 is 9.47 Å². The number of para-hydroxylation sites is 3. The number of aldehydes is 1. The first-order valence-electron chi connectivity index (χ1n) is 5.28. The van der Waals surface area contributed by atoms with Gasteiger partial charge in [-0.15, -0.1) is 0 Å². The van der Waals surface area contributed by atoms with Crippen molar-refractivity contribution in [2.75, 3.05) is 0 Å². The van der Waals surface area contributed by atoms with Crippen LogP contribution in [0, 0.1) is 0 Å². The number of benzene rings is 2. The largest absolute Gasteiger partial charge is 0.453 e. The molecule has 4 nitrogen and oxygen atoms in total. The van der Waals surface area contributed by atoms with Gasteiger partial charge in [0, 0.05) is 0 Å². The quantitative estimate of drug-likeness (QED) is 0.358. The highest BCUT2D eigenvalue weighted by molar-refractivity contribution is 6.21. The maximum absolute atomic E-state index is 10.9. The van der Waals surface area contributed by atoms with E-state index in [9.17, 15) is 9.59 Å². The molecule has 2 aromatic rings. The lowest BCUT2D eigenvalue weighted by molar-refractivity contribution is -0.141. The van der Waals surface area contributed by atoms with Gasteiger partial charge in [0.2, 0.25) is 6.29 Å². The number of rotatable bonds is 4. The van der Waals surface area contributed by atoms with Crippen molar-refractivity contribution in [1.29, 1.82) is 0 Å². The summed E-state index contributed by atoms with van der Waals surface area (Å²) in [5, 5.41) is 0. The molecule has 90 valence electrons. The Kier molecular flexibility index (Phi) is 3.71. The van der Waals surface area contributed by atoms with Crippen molar-refractivity contribution in [3.63, 3.8) is 0 Å². The molecule has 0 radical (unpaired) electrons. The minimum atomic E-state index is -0.959. The number of carbonyl (C=O) groups is 2. The molecule has 0 aromatic heterocycles. The SMILES string of the molecule is O=CC(=O)Oc1ccccc1Oc1ccccc1. The van der Waals surface area contributed by atoms with Crippen LogP contribution in [0.2, 0.25) is 0 Å². The highest BCUT2D eigenvalue weighted by atomic mass is 16.6. The lowest BCUT2D eigenvalue weighted by Gasteiger charge is -2.09. The Morgan fingerprint density at radius 3 is 2.17 bits per heavy atom. The Labute approximate surface area is 104 Å². The lowest BCUT2D eigenvalue weighted by Crippen LogP contribution is -2.09. The molecule has 0 aliphatic carbocycles.